The lowest BCUT2D eigenvalue weighted by Crippen LogP contribution is -1.80. The lowest BCUT2D eigenvalue weighted by Gasteiger charge is -2.00. The highest BCUT2D eigenvalue weighted by atomic mass is 35.5. The van der Waals surface area contributed by atoms with Gasteiger partial charge in [0.25, 0.3) is 0 Å². The summed E-state index contributed by atoms with van der Waals surface area (Å²) in [4.78, 5) is 4.09. The van der Waals surface area contributed by atoms with E-state index in [1.807, 2.05) is 6.07 Å². The number of aromatic nitrogens is 1. The van der Waals surface area contributed by atoms with Crippen molar-refractivity contribution in [2.24, 2.45) is 0 Å². The molecule has 0 radical (unpaired) electrons. The third-order valence-electron chi connectivity index (χ3n) is 1.69. The number of halogens is 3. The smallest absolute Gasteiger partial charge is 0.131 e. The molecule has 0 spiro atoms. The number of rotatable bonds is 0. The summed E-state index contributed by atoms with van der Waals surface area (Å²) in [5.74, 6) is 0. The maximum Gasteiger partial charge on any atom is 0.131 e. The largest absolute Gasteiger partial charge is 0.236 e. The summed E-state index contributed by atoms with van der Waals surface area (Å²) in [7, 11) is 0. The van der Waals surface area contributed by atoms with Gasteiger partial charge in [0.1, 0.15) is 5.15 Å². The molecule has 13 heavy (non-hydrogen) atoms. The Bertz CT molecular complexity index is 462. The van der Waals surface area contributed by atoms with E-state index in [4.69, 9.17) is 34.8 Å². The summed E-state index contributed by atoms with van der Waals surface area (Å²) in [6.07, 6.45) is 0. The van der Waals surface area contributed by atoms with E-state index in [0.717, 1.165) is 5.39 Å². The Hall–Kier alpha value is -0.500. The first kappa shape index (κ1) is 9.07. The van der Waals surface area contributed by atoms with Crippen molar-refractivity contribution < 1.29 is 0 Å². The SMILES string of the molecule is Clc1ccc2c(Cl)cc(Cl)nc2c1. The van der Waals surface area contributed by atoms with Crippen LogP contribution in [0.3, 0.4) is 0 Å². The summed E-state index contributed by atoms with van der Waals surface area (Å²) in [6.45, 7) is 0. The number of nitrogens with zero attached hydrogens (tertiary/aromatic N) is 1. The summed E-state index contributed by atoms with van der Waals surface area (Å²) >= 11 is 17.5. The summed E-state index contributed by atoms with van der Waals surface area (Å²) in [6, 6.07) is 6.93. The molecule has 0 saturated carbocycles. The van der Waals surface area contributed by atoms with Crippen molar-refractivity contribution in [1.29, 1.82) is 0 Å². The Morgan fingerprint density at radius 2 is 1.77 bits per heavy atom. The minimum absolute atomic E-state index is 0.375. The fourth-order valence-corrected chi connectivity index (χ4v) is 1.81. The van der Waals surface area contributed by atoms with Gasteiger partial charge < -0.3 is 0 Å². The van der Waals surface area contributed by atoms with Gasteiger partial charge in [-0.1, -0.05) is 34.8 Å². The van der Waals surface area contributed by atoms with Crippen LogP contribution in [0.2, 0.25) is 15.2 Å². The van der Waals surface area contributed by atoms with E-state index < -0.39 is 0 Å². The van der Waals surface area contributed by atoms with Crippen LogP contribution >= 0.6 is 34.8 Å². The molecule has 0 aliphatic heterocycles. The molecular weight excluding hydrogens is 228 g/mol. The molecular formula is C9H4Cl3N. The van der Waals surface area contributed by atoms with E-state index in [2.05, 4.69) is 4.98 Å². The van der Waals surface area contributed by atoms with Crippen molar-refractivity contribution in [3.8, 4) is 0 Å². The van der Waals surface area contributed by atoms with Crippen LogP contribution in [0.1, 0.15) is 0 Å². The van der Waals surface area contributed by atoms with E-state index in [-0.39, 0.29) is 0 Å². The zero-order chi connectivity index (χ0) is 9.42. The normalized spacial score (nSPS) is 10.7. The Morgan fingerprint density at radius 1 is 1.00 bits per heavy atom. The molecule has 0 fully saturated rings. The summed E-state index contributed by atoms with van der Waals surface area (Å²) < 4.78 is 0. The average Bonchev–Trinajstić information content (AvgIpc) is 2.02. The Morgan fingerprint density at radius 3 is 2.54 bits per heavy atom. The Labute approximate surface area is 90.2 Å². The molecule has 0 aliphatic carbocycles. The van der Waals surface area contributed by atoms with Crippen molar-refractivity contribution >= 4 is 45.7 Å². The highest BCUT2D eigenvalue weighted by Crippen LogP contribution is 2.26. The molecule has 4 heteroatoms. The van der Waals surface area contributed by atoms with Gasteiger partial charge in [0, 0.05) is 10.4 Å². The monoisotopic (exact) mass is 231 g/mol. The molecule has 1 nitrogen and oxygen atoms in total. The molecule has 2 aromatic rings. The lowest BCUT2D eigenvalue weighted by molar-refractivity contribution is 1.41. The van der Waals surface area contributed by atoms with Crippen LogP contribution in [0.15, 0.2) is 24.3 Å². The third-order valence-corrected chi connectivity index (χ3v) is 2.43. The van der Waals surface area contributed by atoms with Crippen LogP contribution in [0, 0.1) is 0 Å². The van der Waals surface area contributed by atoms with Gasteiger partial charge in [-0.2, -0.15) is 0 Å². The van der Waals surface area contributed by atoms with Crippen molar-refractivity contribution in [2.75, 3.05) is 0 Å². The molecule has 0 bridgehead atoms. The van der Waals surface area contributed by atoms with Crippen molar-refractivity contribution in [3.05, 3.63) is 39.5 Å². The molecule has 0 aliphatic rings. The first-order valence-electron chi connectivity index (χ1n) is 3.58. The van der Waals surface area contributed by atoms with Gasteiger partial charge in [-0.25, -0.2) is 4.98 Å². The van der Waals surface area contributed by atoms with Crippen molar-refractivity contribution in [3.63, 3.8) is 0 Å². The minimum atomic E-state index is 0.375. The minimum Gasteiger partial charge on any atom is -0.236 e. The van der Waals surface area contributed by atoms with Crippen molar-refractivity contribution in [1.82, 2.24) is 4.98 Å². The fourth-order valence-electron chi connectivity index (χ4n) is 1.13. The Balaban J connectivity index is 2.86. The van der Waals surface area contributed by atoms with Crippen LogP contribution in [-0.4, -0.2) is 4.98 Å². The fraction of sp³-hybridized carbons (Fsp3) is 0. The second-order valence-corrected chi connectivity index (χ2v) is 3.82. The summed E-state index contributed by atoms with van der Waals surface area (Å²) in [5, 5.41) is 2.44. The van der Waals surface area contributed by atoms with Gasteiger partial charge in [0.2, 0.25) is 0 Å². The number of hydrogen-bond acceptors (Lipinski definition) is 1. The molecule has 1 aromatic heterocycles. The first-order chi connectivity index (χ1) is 6.16. The van der Waals surface area contributed by atoms with Crippen LogP contribution < -0.4 is 0 Å². The molecule has 2 rings (SSSR count). The van der Waals surface area contributed by atoms with Crippen LogP contribution in [-0.2, 0) is 0 Å². The van der Waals surface area contributed by atoms with E-state index in [1.165, 1.54) is 0 Å². The van der Waals surface area contributed by atoms with E-state index in [1.54, 1.807) is 18.2 Å². The zero-order valence-electron chi connectivity index (χ0n) is 6.39. The van der Waals surface area contributed by atoms with Crippen LogP contribution in [0.4, 0.5) is 0 Å². The number of pyridine rings is 1. The van der Waals surface area contributed by atoms with Crippen LogP contribution in [0.5, 0.6) is 0 Å². The highest BCUT2D eigenvalue weighted by molar-refractivity contribution is 6.38. The zero-order valence-corrected chi connectivity index (χ0v) is 8.66. The topological polar surface area (TPSA) is 12.9 Å². The highest BCUT2D eigenvalue weighted by Gasteiger charge is 2.02. The third kappa shape index (κ3) is 1.73. The predicted octanol–water partition coefficient (Wildman–Crippen LogP) is 4.20. The van der Waals surface area contributed by atoms with Gasteiger partial charge in [0.15, 0.2) is 0 Å². The second kappa shape index (κ2) is 3.33. The van der Waals surface area contributed by atoms with Gasteiger partial charge in [-0.3, -0.25) is 0 Å². The molecule has 0 saturated heterocycles. The molecule has 0 atom stereocenters. The quantitative estimate of drug-likeness (QED) is 0.621. The Kier molecular flexibility index (Phi) is 2.33. The van der Waals surface area contributed by atoms with E-state index in [0.29, 0.717) is 20.7 Å². The molecule has 0 amide bonds. The average molecular weight is 232 g/mol. The lowest BCUT2D eigenvalue weighted by atomic mass is 10.2. The van der Waals surface area contributed by atoms with Gasteiger partial charge in [-0.15, -0.1) is 0 Å². The van der Waals surface area contributed by atoms with Gasteiger partial charge in [0.05, 0.1) is 10.5 Å². The second-order valence-electron chi connectivity index (χ2n) is 2.59. The molecule has 66 valence electrons. The van der Waals surface area contributed by atoms with E-state index in [9.17, 15) is 0 Å². The van der Waals surface area contributed by atoms with Gasteiger partial charge >= 0.3 is 0 Å². The van der Waals surface area contributed by atoms with Crippen molar-refractivity contribution in [2.45, 2.75) is 0 Å². The van der Waals surface area contributed by atoms with E-state index >= 15 is 0 Å². The number of fused-ring (bicyclic) bond motifs is 1. The van der Waals surface area contributed by atoms with Gasteiger partial charge in [-0.05, 0) is 24.3 Å². The number of hydrogen-bond donors (Lipinski definition) is 0. The first-order valence-corrected chi connectivity index (χ1v) is 4.71. The molecule has 0 N–H and O–H groups in total. The molecule has 1 heterocycles. The maximum absolute atomic E-state index is 5.95. The predicted molar refractivity (Wildman–Crippen MR) is 56.8 cm³/mol. The van der Waals surface area contributed by atoms with Crippen LogP contribution in [0.25, 0.3) is 10.9 Å². The standard InChI is InChI=1S/C9H4Cl3N/c10-5-1-2-6-7(11)4-9(12)13-8(6)3-5/h1-4H. The molecule has 0 unspecified atom stereocenters. The number of benzene rings is 1. The maximum atomic E-state index is 5.95. The summed E-state index contributed by atoms with van der Waals surface area (Å²) in [5.41, 5.74) is 0.713. The molecule has 1 aromatic carbocycles.